The van der Waals surface area contributed by atoms with Crippen LogP contribution in [0.15, 0.2) is 43.7 Å². The van der Waals surface area contributed by atoms with Gasteiger partial charge in [-0.25, -0.2) is 0 Å². The monoisotopic (exact) mass is 472 g/mol. The zero-order valence-corrected chi connectivity index (χ0v) is 15.8. The number of anilines is 2. The van der Waals surface area contributed by atoms with Crippen LogP contribution in [0.25, 0.3) is 0 Å². The van der Waals surface area contributed by atoms with Crippen LogP contribution in [0.5, 0.6) is 0 Å². The smallest absolute Gasteiger partial charge is 0.251 e. The first-order valence-electron chi connectivity index (χ1n) is 6.28. The van der Waals surface area contributed by atoms with Gasteiger partial charge in [0.15, 0.2) is 0 Å². The summed E-state index contributed by atoms with van der Waals surface area (Å²) in [7, 11) is 0. The second-order valence-corrected chi connectivity index (χ2v) is 7.53. The average molecular weight is 475 g/mol. The van der Waals surface area contributed by atoms with Crippen molar-refractivity contribution in [2.24, 2.45) is 0 Å². The molecule has 0 aromatic heterocycles. The maximum absolute atomic E-state index is 12.2. The first-order chi connectivity index (χ1) is 9.95. The van der Waals surface area contributed by atoms with E-state index in [0.717, 1.165) is 35.9 Å². The van der Waals surface area contributed by atoms with E-state index in [1.54, 1.807) is 0 Å². The summed E-state index contributed by atoms with van der Waals surface area (Å²) in [4.78, 5) is 12.2. The minimum atomic E-state index is -0.409. The molecule has 0 spiro atoms. The number of nitrogens with one attached hydrogen (secondary N) is 2. The maximum atomic E-state index is 12.2. The summed E-state index contributed by atoms with van der Waals surface area (Å²) < 4.78 is 2.79. The van der Waals surface area contributed by atoms with Crippen molar-refractivity contribution in [3.63, 3.8) is 0 Å². The Morgan fingerprint density at radius 3 is 2.43 bits per heavy atom. The van der Waals surface area contributed by atoms with Crippen molar-refractivity contribution >= 4 is 65.1 Å². The number of halogens is 3. The van der Waals surface area contributed by atoms with Crippen LogP contribution in [0, 0.1) is 6.92 Å². The average Bonchev–Trinajstić information content (AvgIpc) is 2.69. The van der Waals surface area contributed by atoms with Gasteiger partial charge in [-0.1, -0.05) is 15.9 Å². The van der Waals surface area contributed by atoms with Gasteiger partial charge in [0.1, 0.15) is 6.04 Å². The number of amides is 1. The van der Waals surface area contributed by atoms with E-state index in [-0.39, 0.29) is 5.91 Å². The summed E-state index contributed by atoms with van der Waals surface area (Å²) in [5.41, 5.74) is 3.79. The largest absolute Gasteiger partial charge is 0.368 e. The molecule has 3 rings (SSSR count). The van der Waals surface area contributed by atoms with E-state index in [9.17, 15) is 4.79 Å². The van der Waals surface area contributed by atoms with Crippen molar-refractivity contribution < 1.29 is 4.79 Å². The number of carbonyl (C=O) groups excluding carboxylic acids is 1. The van der Waals surface area contributed by atoms with Gasteiger partial charge in [-0.15, -0.1) is 0 Å². The van der Waals surface area contributed by atoms with Gasteiger partial charge in [0.05, 0.1) is 5.69 Å². The van der Waals surface area contributed by atoms with E-state index in [0.29, 0.717) is 0 Å². The minimum Gasteiger partial charge on any atom is -0.368 e. The fourth-order valence-electron chi connectivity index (χ4n) is 2.36. The van der Waals surface area contributed by atoms with E-state index >= 15 is 0 Å². The van der Waals surface area contributed by atoms with Gasteiger partial charge in [-0.3, -0.25) is 4.79 Å². The molecule has 1 amide bonds. The molecule has 1 aliphatic heterocycles. The van der Waals surface area contributed by atoms with Crippen LogP contribution in [-0.2, 0) is 4.79 Å². The molecule has 3 nitrogen and oxygen atoms in total. The highest BCUT2D eigenvalue weighted by molar-refractivity contribution is 9.11. The van der Waals surface area contributed by atoms with Gasteiger partial charge in [0.2, 0.25) is 0 Å². The lowest BCUT2D eigenvalue weighted by Gasteiger charge is -2.17. The number of fused-ring (bicyclic) bond motifs is 1. The predicted octanol–water partition coefficient (Wildman–Crippen LogP) is 5.39. The second-order valence-electron chi connectivity index (χ2n) is 4.90. The highest BCUT2D eigenvalue weighted by atomic mass is 79.9. The van der Waals surface area contributed by atoms with Crippen LogP contribution in [0.3, 0.4) is 0 Å². The Hall–Kier alpha value is -0.850. The third kappa shape index (κ3) is 2.89. The van der Waals surface area contributed by atoms with E-state index in [1.807, 2.05) is 37.3 Å². The zero-order chi connectivity index (χ0) is 15.1. The van der Waals surface area contributed by atoms with Crippen molar-refractivity contribution in [2.45, 2.75) is 13.0 Å². The Bertz CT molecular complexity index is 723. The van der Waals surface area contributed by atoms with Crippen LogP contribution in [0.2, 0.25) is 0 Å². The van der Waals surface area contributed by atoms with Crippen molar-refractivity contribution in [3.8, 4) is 0 Å². The summed E-state index contributed by atoms with van der Waals surface area (Å²) in [6.07, 6.45) is 0. The normalized spacial score (nSPS) is 16.6. The van der Waals surface area contributed by atoms with Gasteiger partial charge < -0.3 is 10.6 Å². The molecule has 0 bridgehead atoms. The molecule has 21 heavy (non-hydrogen) atoms. The van der Waals surface area contributed by atoms with E-state index in [4.69, 9.17) is 0 Å². The number of hydrogen-bond donors (Lipinski definition) is 2. The molecule has 0 radical (unpaired) electrons. The van der Waals surface area contributed by atoms with Crippen LogP contribution < -0.4 is 10.6 Å². The fourth-order valence-corrected chi connectivity index (χ4v) is 4.38. The molecule has 108 valence electrons. The number of hydrogen-bond acceptors (Lipinski definition) is 2. The Labute approximate surface area is 147 Å². The van der Waals surface area contributed by atoms with Crippen LogP contribution in [0.4, 0.5) is 11.4 Å². The van der Waals surface area contributed by atoms with Crippen molar-refractivity contribution in [1.29, 1.82) is 0 Å². The summed E-state index contributed by atoms with van der Waals surface area (Å²) in [6.45, 7) is 2.02. The number of aryl methyl sites for hydroxylation is 1. The molecular weight excluding hydrogens is 464 g/mol. The lowest BCUT2D eigenvalue weighted by atomic mass is 10.1. The molecule has 6 heteroatoms. The number of benzene rings is 2. The minimum absolute atomic E-state index is 0.0533. The molecule has 0 saturated heterocycles. The molecule has 0 fully saturated rings. The van der Waals surface area contributed by atoms with Crippen molar-refractivity contribution in [3.05, 3.63) is 54.9 Å². The lowest BCUT2D eigenvalue weighted by molar-refractivity contribution is -0.116. The molecule has 1 aliphatic rings. The summed E-state index contributed by atoms with van der Waals surface area (Å²) in [5.74, 6) is -0.0533. The third-order valence-corrected chi connectivity index (χ3v) is 5.06. The predicted molar refractivity (Wildman–Crippen MR) is 95.7 cm³/mol. The van der Waals surface area contributed by atoms with E-state index in [2.05, 4.69) is 58.4 Å². The van der Waals surface area contributed by atoms with Crippen molar-refractivity contribution in [1.82, 2.24) is 0 Å². The van der Waals surface area contributed by atoms with Crippen LogP contribution in [0.1, 0.15) is 17.2 Å². The third-order valence-electron chi connectivity index (χ3n) is 3.32. The quantitative estimate of drug-likeness (QED) is 0.613. The van der Waals surface area contributed by atoms with E-state index in [1.165, 1.54) is 0 Å². The van der Waals surface area contributed by atoms with Crippen LogP contribution in [-0.4, -0.2) is 5.91 Å². The molecule has 1 heterocycles. The highest BCUT2D eigenvalue weighted by Gasteiger charge is 2.31. The molecule has 1 unspecified atom stereocenters. The molecule has 0 saturated carbocycles. The number of rotatable bonds is 2. The number of carbonyl (C=O) groups is 1. The molecular formula is C15H11Br3N2O. The highest BCUT2D eigenvalue weighted by Crippen LogP contribution is 2.39. The summed E-state index contributed by atoms with van der Waals surface area (Å²) >= 11 is 10.5. The fraction of sp³-hybridized carbons (Fsp3) is 0.133. The molecule has 2 N–H and O–H groups in total. The van der Waals surface area contributed by atoms with Gasteiger partial charge in [-0.05, 0) is 74.7 Å². The first-order valence-corrected chi connectivity index (χ1v) is 8.66. The summed E-state index contributed by atoms with van der Waals surface area (Å²) in [5, 5.41) is 6.20. The first kappa shape index (κ1) is 15.1. The zero-order valence-electron chi connectivity index (χ0n) is 11.0. The Balaban J connectivity index is 2.00. The van der Waals surface area contributed by atoms with Gasteiger partial charge in [0, 0.05) is 24.7 Å². The molecule has 0 aliphatic carbocycles. The topological polar surface area (TPSA) is 41.1 Å². The Morgan fingerprint density at radius 2 is 1.76 bits per heavy atom. The Morgan fingerprint density at radius 1 is 1.10 bits per heavy atom. The molecule has 2 aromatic rings. The maximum Gasteiger partial charge on any atom is 0.251 e. The standard InChI is InChI=1S/C15H11Br3N2O/c1-7-4-10(17)14(11(18)5-7)20-13-9-6-8(16)2-3-12(9)19-15(13)21/h2-6,13,20H,1H3,(H,19,21). The van der Waals surface area contributed by atoms with Crippen molar-refractivity contribution in [2.75, 3.05) is 10.6 Å². The molecule has 1 atom stereocenters. The molecule has 2 aromatic carbocycles. The SMILES string of the molecule is Cc1cc(Br)c(NC2C(=O)Nc3ccc(Br)cc32)c(Br)c1. The van der Waals surface area contributed by atoms with Gasteiger partial charge in [-0.2, -0.15) is 0 Å². The second kappa shape index (κ2) is 5.74. The summed E-state index contributed by atoms with van der Waals surface area (Å²) in [6, 6.07) is 9.40. The lowest BCUT2D eigenvalue weighted by Crippen LogP contribution is -2.20. The van der Waals surface area contributed by atoms with Gasteiger partial charge in [0.25, 0.3) is 5.91 Å². The van der Waals surface area contributed by atoms with E-state index < -0.39 is 6.04 Å². The van der Waals surface area contributed by atoms with Gasteiger partial charge >= 0.3 is 0 Å². The van der Waals surface area contributed by atoms with Crippen LogP contribution >= 0.6 is 47.8 Å². The Kier molecular flexibility index (Phi) is 4.12.